The highest BCUT2D eigenvalue weighted by atomic mass is 16.2. The molecule has 7 nitrogen and oxygen atoms in total. The van der Waals surface area contributed by atoms with Crippen molar-refractivity contribution in [3.05, 3.63) is 92.1 Å². The summed E-state index contributed by atoms with van der Waals surface area (Å²) < 4.78 is 1.27. The average molecular weight is 392 g/mol. The summed E-state index contributed by atoms with van der Waals surface area (Å²) in [6, 6.07) is 16.9. The number of aromatic amines is 1. The van der Waals surface area contributed by atoms with Gasteiger partial charge in [-0.05, 0) is 30.5 Å². The normalized spacial score (nSPS) is 10.7. The molecular weight excluding hydrogens is 368 g/mol. The molecule has 0 unspecified atom stereocenters. The van der Waals surface area contributed by atoms with Crippen molar-refractivity contribution in [2.75, 3.05) is 17.2 Å². The number of H-pyrrole nitrogens is 1. The van der Waals surface area contributed by atoms with E-state index in [-0.39, 0.29) is 36.9 Å². The van der Waals surface area contributed by atoms with Gasteiger partial charge in [0.1, 0.15) is 5.82 Å². The summed E-state index contributed by atoms with van der Waals surface area (Å²) in [4.78, 5) is 41.5. The van der Waals surface area contributed by atoms with Gasteiger partial charge in [0.25, 0.3) is 5.56 Å². The topological polar surface area (TPSA) is 101 Å². The van der Waals surface area contributed by atoms with Gasteiger partial charge in [-0.1, -0.05) is 54.6 Å². The second kappa shape index (κ2) is 8.60. The maximum Gasteiger partial charge on any atom is 0.330 e. The molecule has 0 spiro atoms. The molecule has 0 fully saturated rings. The van der Waals surface area contributed by atoms with Crippen molar-refractivity contribution in [1.29, 1.82) is 0 Å². The van der Waals surface area contributed by atoms with Crippen LogP contribution in [0.15, 0.2) is 64.2 Å². The minimum absolute atomic E-state index is 0.00150. The van der Waals surface area contributed by atoms with Crippen LogP contribution < -0.4 is 21.9 Å². The number of hydrogen-bond acceptors (Lipinski definition) is 4. The van der Waals surface area contributed by atoms with E-state index in [9.17, 15) is 14.4 Å². The Hall–Kier alpha value is -3.61. The summed E-state index contributed by atoms with van der Waals surface area (Å²) in [5, 5.41) is 0. The molecule has 0 saturated carbocycles. The van der Waals surface area contributed by atoms with Gasteiger partial charge < -0.3 is 10.6 Å². The fourth-order valence-corrected chi connectivity index (χ4v) is 3.29. The van der Waals surface area contributed by atoms with E-state index in [1.165, 1.54) is 9.47 Å². The Morgan fingerprint density at radius 2 is 1.72 bits per heavy atom. The van der Waals surface area contributed by atoms with Gasteiger partial charge in [-0.3, -0.25) is 19.1 Å². The third-order valence-electron chi connectivity index (χ3n) is 4.89. The second-order valence-electron chi connectivity index (χ2n) is 6.81. The van der Waals surface area contributed by atoms with E-state index in [4.69, 9.17) is 5.73 Å². The molecule has 0 aliphatic heterocycles. The number of amides is 1. The molecule has 0 saturated heterocycles. The van der Waals surface area contributed by atoms with Crippen LogP contribution in [0.5, 0.6) is 0 Å². The zero-order chi connectivity index (χ0) is 21.0. The maximum atomic E-state index is 13.0. The molecule has 0 aliphatic carbocycles. The average Bonchev–Trinajstić information content (AvgIpc) is 2.70. The zero-order valence-electron chi connectivity index (χ0n) is 16.5. The first-order valence-electron chi connectivity index (χ1n) is 9.43. The number of carbonyl (C=O) groups excluding carboxylic acids is 1. The van der Waals surface area contributed by atoms with Crippen molar-refractivity contribution in [2.45, 2.75) is 26.8 Å². The number of anilines is 2. The fraction of sp³-hybridized carbons (Fsp3) is 0.227. The van der Waals surface area contributed by atoms with Gasteiger partial charge >= 0.3 is 5.69 Å². The molecule has 1 amide bonds. The molecule has 3 N–H and O–H groups in total. The first-order chi connectivity index (χ1) is 13.9. The number of rotatable bonds is 6. The summed E-state index contributed by atoms with van der Waals surface area (Å²) in [5.74, 6) is -0.286. The highest BCUT2D eigenvalue weighted by Crippen LogP contribution is 2.19. The van der Waals surface area contributed by atoms with Crippen molar-refractivity contribution in [3.63, 3.8) is 0 Å². The van der Waals surface area contributed by atoms with E-state index in [2.05, 4.69) is 4.98 Å². The van der Waals surface area contributed by atoms with Gasteiger partial charge in [0.05, 0.1) is 13.0 Å². The van der Waals surface area contributed by atoms with Crippen LogP contribution in [0, 0.1) is 6.92 Å². The molecule has 0 aliphatic rings. The second-order valence-corrected chi connectivity index (χ2v) is 6.81. The Morgan fingerprint density at radius 1 is 1.07 bits per heavy atom. The number of nitrogens with zero attached hydrogens (tertiary/aromatic N) is 2. The Balaban J connectivity index is 2.00. The Bertz CT molecular complexity index is 1130. The standard InChI is InChI=1S/C22H24N4O3/c1-3-25(18(27)13-17-12-8-7-9-15(17)2)19-20(23)26(22(29)24-21(19)28)14-16-10-5-4-6-11-16/h4-12H,3,13-14,23H2,1-2H3,(H,24,28,29). The van der Waals surface area contributed by atoms with E-state index in [1.807, 2.05) is 61.5 Å². The minimum atomic E-state index is -0.670. The molecule has 7 heteroatoms. The lowest BCUT2D eigenvalue weighted by atomic mass is 10.1. The van der Waals surface area contributed by atoms with Crippen LogP contribution in [0.4, 0.5) is 11.5 Å². The minimum Gasteiger partial charge on any atom is -0.383 e. The molecule has 1 heterocycles. The van der Waals surface area contributed by atoms with Gasteiger partial charge in [-0.2, -0.15) is 0 Å². The van der Waals surface area contributed by atoms with Crippen molar-refractivity contribution in [2.24, 2.45) is 0 Å². The zero-order valence-corrected chi connectivity index (χ0v) is 16.5. The Kier molecular flexibility index (Phi) is 5.97. The summed E-state index contributed by atoms with van der Waals surface area (Å²) in [5.41, 5.74) is 7.67. The molecule has 0 radical (unpaired) electrons. The van der Waals surface area contributed by atoms with Gasteiger partial charge in [-0.25, -0.2) is 4.79 Å². The van der Waals surface area contributed by atoms with Crippen molar-refractivity contribution in [3.8, 4) is 0 Å². The SMILES string of the molecule is CCN(C(=O)Cc1ccccc1C)c1c(N)n(Cc2ccccc2)c(=O)[nH]c1=O. The maximum absolute atomic E-state index is 13.0. The molecule has 1 aromatic heterocycles. The number of nitrogens with two attached hydrogens (primary N) is 1. The summed E-state index contributed by atoms with van der Waals surface area (Å²) in [7, 11) is 0. The smallest absolute Gasteiger partial charge is 0.330 e. The first kappa shape index (κ1) is 20.1. The molecular formula is C22H24N4O3. The quantitative estimate of drug-likeness (QED) is 0.670. The van der Waals surface area contributed by atoms with Gasteiger partial charge in [-0.15, -0.1) is 0 Å². The lowest BCUT2D eigenvalue weighted by molar-refractivity contribution is -0.118. The summed E-state index contributed by atoms with van der Waals surface area (Å²) in [6.07, 6.45) is 0.136. The number of likely N-dealkylation sites (N-methyl/N-ethyl adjacent to an activating group) is 1. The first-order valence-corrected chi connectivity index (χ1v) is 9.43. The van der Waals surface area contributed by atoms with E-state index >= 15 is 0 Å². The molecule has 0 bridgehead atoms. The highest BCUT2D eigenvalue weighted by Gasteiger charge is 2.23. The van der Waals surface area contributed by atoms with Crippen LogP contribution in [0.2, 0.25) is 0 Å². The Labute approximate surface area is 168 Å². The molecule has 29 heavy (non-hydrogen) atoms. The molecule has 0 atom stereocenters. The fourth-order valence-electron chi connectivity index (χ4n) is 3.29. The third-order valence-corrected chi connectivity index (χ3v) is 4.89. The van der Waals surface area contributed by atoms with Crippen LogP contribution in [-0.2, 0) is 17.8 Å². The van der Waals surface area contributed by atoms with Crippen LogP contribution >= 0.6 is 0 Å². The number of carbonyl (C=O) groups is 1. The van der Waals surface area contributed by atoms with Gasteiger partial charge in [0.2, 0.25) is 5.91 Å². The number of hydrogen-bond donors (Lipinski definition) is 2. The lowest BCUT2D eigenvalue weighted by Crippen LogP contribution is -2.41. The molecule has 2 aromatic carbocycles. The molecule has 150 valence electrons. The van der Waals surface area contributed by atoms with Crippen LogP contribution in [0.25, 0.3) is 0 Å². The third kappa shape index (κ3) is 4.29. The van der Waals surface area contributed by atoms with E-state index in [1.54, 1.807) is 6.92 Å². The van der Waals surface area contributed by atoms with E-state index < -0.39 is 11.2 Å². The number of aryl methyl sites for hydroxylation is 1. The van der Waals surface area contributed by atoms with Crippen LogP contribution in [0.1, 0.15) is 23.6 Å². The molecule has 3 aromatic rings. The van der Waals surface area contributed by atoms with Crippen LogP contribution in [-0.4, -0.2) is 22.0 Å². The summed E-state index contributed by atoms with van der Waals surface area (Å²) in [6.45, 7) is 4.14. The van der Waals surface area contributed by atoms with Crippen LogP contribution in [0.3, 0.4) is 0 Å². The number of nitrogen functional groups attached to an aromatic ring is 1. The van der Waals surface area contributed by atoms with Gasteiger partial charge in [0.15, 0.2) is 5.69 Å². The van der Waals surface area contributed by atoms with Gasteiger partial charge in [0, 0.05) is 6.54 Å². The highest BCUT2D eigenvalue weighted by molar-refractivity contribution is 5.96. The molecule has 3 rings (SSSR count). The van der Waals surface area contributed by atoms with Crippen molar-refractivity contribution in [1.82, 2.24) is 9.55 Å². The number of aromatic nitrogens is 2. The Morgan fingerprint density at radius 3 is 2.38 bits per heavy atom. The number of benzene rings is 2. The predicted octanol–water partition coefficient (Wildman–Crippen LogP) is 2.07. The number of nitrogens with one attached hydrogen (secondary N) is 1. The lowest BCUT2D eigenvalue weighted by Gasteiger charge is -2.23. The van der Waals surface area contributed by atoms with E-state index in [0.717, 1.165) is 16.7 Å². The predicted molar refractivity (Wildman–Crippen MR) is 114 cm³/mol. The van der Waals surface area contributed by atoms with E-state index in [0.29, 0.717) is 0 Å². The van der Waals surface area contributed by atoms with Crippen molar-refractivity contribution < 1.29 is 4.79 Å². The summed E-state index contributed by atoms with van der Waals surface area (Å²) >= 11 is 0. The monoisotopic (exact) mass is 392 g/mol. The van der Waals surface area contributed by atoms with Crippen molar-refractivity contribution >= 4 is 17.4 Å². The largest absolute Gasteiger partial charge is 0.383 e.